The Balaban J connectivity index is 1.24. The molecular formula is C38H42S2. The van der Waals surface area contributed by atoms with E-state index in [0.29, 0.717) is 0 Å². The van der Waals surface area contributed by atoms with E-state index < -0.39 is 0 Å². The normalized spacial score (nSPS) is 12.1. The Morgan fingerprint density at radius 2 is 0.925 bits per heavy atom. The van der Waals surface area contributed by atoms with Crippen LogP contribution < -0.4 is 0 Å². The number of hydrogen-bond acceptors (Lipinski definition) is 2. The topological polar surface area (TPSA) is 0 Å². The summed E-state index contributed by atoms with van der Waals surface area (Å²) in [6.07, 6.45) is 22.1. The van der Waals surface area contributed by atoms with E-state index >= 15 is 0 Å². The van der Waals surface area contributed by atoms with Crippen molar-refractivity contribution in [3.63, 3.8) is 0 Å². The van der Waals surface area contributed by atoms with Crippen LogP contribution in [0.2, 0.25) is 0 Å². The van der Waals surface area contributed by atoms with Crippen LogP contribution in [-0.2, 0) is 12.8 Å². The van der Waals surface area contributed by atoms with Gasteiger partial charge in [-0.05, 0) is 119 Å². The molecule has 0 saturated heterocycles. The third kappa shape index (κ3) is 8.05. The van der Waals surface area contributed by atoms with Gasteiger partial charge in [0.05, 0.1) is 0 Å². The molecule has 0 saturated carbocycles. The summed E-state index contributed by atoms with van der Waals surface area (Å²) in [6.45, 7) is 4.55. The van der Waals surface area contributed by atoms with E-state index in [2.05, 4.69) is 111 Å². The number of hydrogen-bond donors (Lipinski definition) is 0. The van der Waals surface area contributed by atoms with Crippen LogP contribution in [0.4, 0.5) is 0 Å². The van der Waals surface area contributed by atoms with Crippen molar-refractivity contribution in [2.24, 2.45) is 0 Å². The number of rotatable bonds is 14. The Bertz CT molecular complexity index is 1460. The van der Waals surface area contributed by atoms with E-state index in [1.165, 1.54) is 116 Å². The second-order valence-corrected chi connectivity index (χ2v) is 13.4. The van der Waals surface area contributed by atoms with Crippen molar-refractivity contribution in [2.75, 3.05) is 0 Å². The first-order valence-electron chi connectivity index (χ1n) is 15.2. The summed E-state index contributed by atoms with van der Waals surface area (Å²) in [4.78, 5) is 5.70. The Morgan fingerprint density at radius 3 is 1.38 bits per heavy atom. The first-order valence-corrected chi connectivity index (χ1v) is 16.8. The maximum absolute atomic E-state index is 2.33. The predicted octanol–water partition coefficient (Wildman–Crippen LogP) is 12.7. The van der Waals surface area contributed by atoms with Crippen LogP contribution in [0.15, 0.2) is 72.8 Å². The van der Waals surface area contributed by atoms with Gasteiger partial charge in [0, 0.05) is 19.5 Å². The highest BCUT2D eigenvalue weighted by Gasteiger charge is 2.03. The number of benzene rings is 3. The van der Waals surface area contributed by atoms with Gasteiger partial charge in [0.1, 0.15) is 0 Å². The van der Waals surface area contributed by atoms with Crippen molar-refractivity contribution < 1.29 is 0 Å². The second kappa shape index (κ2) is 14.6. The molecule has 2 aromatic heterocycles. The number of fused-ring (bicyclic) bond motifs is 2. The van der Waals surface area contributed by atoms with Gasteiger partial charge in [0.25, 0.3) is 0 Å². The molecule has 3 aromatic carbocycles. The van der Waals surface area contributed by atoms with Crippen LogP contribution in [0.3, 0.4) is 0 Å². The van der Waals surface area contributed by atoms with Crippen molar-refractivity contribution in [1.29, 1.82) is 0 Å². The quantitative estimate of drug-likeness (QED) is 0.0932. The van der Waals surface area contributed by atoms with Crippen LogP contribution >= 0.6 is 22.7 Å². The van der Waals surface area contributed by atoms with Crippen LogP contribution in [-0.4, -0.2) is 0 Å². The fraction of sp³-hybridized carbons (Fsp3) is 0.316. The summed E-state index contributed by atoms with van der Waals surface area (Å²) in [5, 5.41) is 5.18. The summed E-state index contributed by atoms with van der Waals surface area (Å²) in [7, 11) is 0. The van der Waals surface area contributed by atoms with Gasteiger partial charge in [-0.1, -0.05) is 88.8 Å². The molecule has 0 atom stereocenters. The number of thiophene rings is 2. The molecule has 0 bridgehead atoms. The zero-order valence-electron chi connectivity index (χ0n) is 24.1. The van der Waals surface area contributed by atoms with Crippen LogP contribution in [0.25, 0.3) is 45.8 Å². The lowest BCUT2D eigenvalue weighted by Gasteiger charge is -2.05. The molecule has 0 unspecified atom stereocenters. The van der Waals surface area contributed by atoms with Crippen molar-refractivity contribution >= 4 is 68.5 Å². The minimum absolute atomic E-state index is 1.22. The van der Waals surface area contributed by atoms with E-state index in [-0.39, 0.29) is 0 Å². The second-order valence-electron chi connectivity index (χ2n) is 11.0. The van der Waals surface area contributed by atoms with Crippen LogP contribution in [0.5, 0.6) is 0 Å². The summed E-state index contributed by atoms with van der Waals surface area (Å²) < 4.78 is 0. The van der Waals surface area contributed by atoms with Gasteiger partial charge in [-0.15, -0.1) is 22.7 Å². The van der Waals surface area contributed by atoms with Gasteiger partial charge in [-0.2, -0.15) is 0 Å². The number of aryl methyl sites for hydroxylation is 2. The van der Waals surface area contributed by atoms with E-state index in [0.717, 1.165) is 0 Å². The van der Waals surface area contributed by atoms with Gasteiger partial charge in [0.2, 0.25) is 0 Å². The van der Waals surface area contributed by atoms with E-state index in [9.17, 15) is 0 Å². The monoisotopic (exact) mass is 562 g/mol. The van der Waals surface area contributed by atoms with Gasteiger partial charge in [-0.3, -0.25) is 0 Å². The Hall–Kier alpha value is -2.94. The third-order valence-electron chi connectivity index (χ3n) is 7.64. The summed E-state index contributed by atoms with van der Waals surface area (Å²) >= 11 is 3.87. The first-order chi connectivity index (χ1) is 19.7. The standard InChI is InChI=1S/C38H42S2/c1-3-5-7-9-11-35-21-23-37(39-35)19-15-29-13-17-31-28-34-26-30(14-18-32(34)27-33(31)25-29)16-20-38-24-22-36(40-38)12-10-8-6-4-2/h13-28H,3-12H2,1-2H3. The zero-order valence-corrected chi connectivity index (χ0v) is 25.8. The molecule has 0 nitrogen and oxygen atoms in total. The predicted molar refractivity (Wildman–Crippen MR) is 184 cm³/mol. The third-order valence-corrected chi connectivity index (χ3v) is 9.86. The Morgan fingerprint density at radius 1 is 0.450 bits per heavy atom. The fourth-order valence-corrected chi connectivity index (χ4v) is 7.20. The smallest absolute Gasteiger partial charge is 0.0273 e. The largest absolute Gasteiger partial charge is 0.141 e. The van der Waals surface area contributed by atoms with Crippen molar-refractivity contribution in [3.8, 4) is 0 Å². The number of unbranched alkanes of at least 4 members (excludes halogenated alkanes) is 6. The molecule has 206 valence electrons. The Labute approximate surface area is 249 Å². The molecule has 0 aliphatic carbocycles. The minimum Gasteiger partial charge on any atom is -0.141 e. The molecule has 0 aliphatic rings. The van der Waals surface area contributed by atoms with Gasteiger partial charge < -0.3 is 0 Å². The summed E-state index contributed by atoms with van der Waals surface area (Å²) in [5.41, 5.74) is 2.51. The highest BCUT2D eigenvalue weighted by Crippen LogP contribution is 2.28. The molecule has 5 aromatic rings. The van der Waals surface area contributed by atoms with Crippen molar-refractivity contribution in [1.82, 2.24) is 0 Å². The van der Waals surface area contributed by atoms with Gasteiger partial charge >= 0.3 is 0 Å². The molecule has 40 heavy (non-hydrogen) atoms. The highest BCUT2D eigenvalue weighted by molar-refractivity contribution is 7.13. The maximum Gasteiger partial charge on any atom is 0.0273 e. The van der Waals surface area contributed by atoms with E-state index in [4.69, 9.17) is 0 Å². The lowest BCUT2D eigenvalue weighted by Crippen LogP contribution is -1.80. The van der Waals surface area contributed by atoms with Crippen LogP contribution in [0.1, 0.15) is 95.8 Å². The van der Waals surface area contributed by atoms with Crippen molar-refractivity contribution in [3.05, 3.63) is 103 Å². The molecule has 0 spiro atoms. The van der Waals surface area contributed by atoms with E-state index in [1.54, 1.807) is 0 Å². The molecular weight excluding hydrogens is 521 g/mol. The molecule has 0 radical (unpaired) electrons. The van der Waals surface area contributed by atoms with Gasteiger partial charge in [0.15, 0.2) is 0 Å². The fourth-order valence-electron chi connectivity index (χ4n) is 5.29. The SMILES string of the molecule is CCCCCCc1ccc(C=Cc2ccc3cc4cc(C=Cc5ccc(CCCCCC)s5)ccc4cc3c2)s1. The lowest BCUT2D eigenvalue weighted by molar-refractivity contribution is 0.670. The molecule has 5 rings (SSSR count). The lowest BCUT2D eigenvalue weighted by atomic mass is 10.00. The van der Waals surface area contributed by atoms with E-state index in [1.807, 2.05) is 22.7 Å². The average molecular weight is 563 g/mol. The summed E-state index contributed by atoms with van der Waals surface area (Å²) in [6, 6.07) is 27.4. The molecule has 0 fully saturated rings. The van der Waals surface area contributed by atoms with Gasteiger partial charge in [-0.25, -0.2) is 0 Å². The van der Waals surface area contributed by atoms with Crippen molar-refractivity contribution in [2.45, 2.75) is 78.1 Å². The molecule has 0 amide bonds. The first kappa shape index (κ1) is 28.6. The average Bonchev–Trinajstić information content (AvgIpc) is 3.63. The molecule has 2 heterocycles. The minimum atomic E-state index is 1.22. The zero-order chi connectivity index (χ0) is 27.6. The Kier molecular flexibility index (Phi) is 10.4. The highest BCUT2D eigenvalue weighted by atomic mass is 32.1. The maximum atomic E-state index is 2.33. The molecule has 0 aliphatic heterocycles. The molecule has 0 N–H and O–H groups in total. The summed E-state index contributed by atoms with van der Waals surface area (Å²) in [5.74, 6) is 0. The molecule has 2 heteroatoms. The van der Waals surface area contributed by atoms with Crippen LogP contribution in [0, 0.1) is 0 Å².